The third-order valence-corrected chi connectivity index (χ3v) is 4.12. The van der Waals surface area contributed by atoms with E-state index in [9.17, 15) is 13.5 Å². The van der Waals surface area contributed by atoms with Gasteiger partial charge in [-0.15, -0.1) is 4.47 Å². The third kappa shape index (κ3) is 4.77. The number of rotatable bonds is 7. The van der Waals surface area contributed by atoms with Gasteiger partial charge in [-0.25, -0.2) is 8.42 Å². The first-order valence-electron chi connectivity index (χ1n) is 7.07. The van der Waals surface area contributed by atoms with Gasteiger partial charge in [0, 0.05) is 6.54 Å². The summed E-state index contributed by atoms with van der Waals surface area (Å²) >= 11 is 0. The van der Waals surface area contributed by atoms with Crippen LogP contribution in [0.15, 0.2) is 54.6 Å². The largest absolute Gasteiger partial charge is 0.387 e. The SMILES string of the molecule is CS(=O)(=O)N(OCc1ccccc1)c1ccc(C(O)CN)cc1. The monoisotopic (exact) mass is 336 g/mol. The summed E-state index contributed by atoms with van der Waals surface area (Å²) in [6.45, 7) is 0.223. The van der Waals surface area contributed by atoms with Gasteiger partial charge in [-0.05, 0) is 23.3 Å². The number of nitrogens with zero attached hydrogens (tertiary/aromatic N) is 1. The van der Waals surface area contributed by atoms with Crippen molar-refractivity contribution in [2.45, 2.75) is 12.7 Å². The van der Waals surface area contributed by atoms with Gasteiger partial charge in [-0.1, -0.05) is 42.5 Å². The first-order chi connectivity index (χ1) is 10.9. The molecule has 0 spiro atoms. The molecule has 0 radical (unpaired) electrons. The van der Waals surface area contributed by atoms with Crippen molar-refractivity contribution in [2.24, 2.45) is 5.73 Å². The molecule has 0 fully saturated rings. The third-order valence-electron chi connectivity index (χ3n) is 3.20. The molecule has 0 amide bonds. The summed E-state index contributed by atoms with van der Waals surface area (Å²) < 4.78 is 24.8. The number of aliphatic hydroxyl groups is 1. The van der Waals surface area contributed by atoms with Crippen LogP contribution < -0.4 is 10.2 Å². The zero-order valence-corrected chi connectivity index (χ0v) is 13.6. The summed E-state index contributed by atoms with van der Waals surface area (Å²) in [7, 11) is -3.60. The highest BCUT2D eigenvalue weighted by Gasteiger charge is 2.19. The average molecular weight is 336 g/mol. The minimum absolute atomic E-state index is 0.0969. The van der Waals surface area contributed by atoms with E-state index in [1.165, 1.54) is 0 Å². The van der Waals surface area contributed by atoms with Gasteiger partial charge in [-0.3, -0.25) is 4.84 Å². The lowest BCUT2D eigenvalue weighted by Crippen LogP contribution is -2.30. The fourth-order valence-electron chi connectivity index (χ4n) is 2.02. The first kappa shape index (κ1) is 17.4. The van der Waals surface area contributed by atoms with Crippen LogP contribution in [0.1, 0.15) is 17.2 Å². The summed E-state index contributed by atoms with van der Waals surface area (Å²) in [5.74, 6) is 0. The van der Waals surface area contributed by atoms with Gasteiger partial charge in [0.15, 0.2) is 0 Å². The predicted molar refractivity (Wildman–Crippen MR) is 89.0 cm³/mol. The molecule has 23 heavy (non-hydrogen) atoms. The van der Waals surface area contributed by atoms with Crippen LogP contribution >= 0.6 is 0 Å². The zero-order chi connectivity index (χ0) is 16.9. The molecule has 124 valence electrons. The Labute approximate surface area is 136 Å². The Balaban J connectivity index is 2.19. The molecule has 0 aliphatic heterocycles. The molecule has 0 aromatic heterocycles. The van der Waals surface area contributed by atoms with Gasteiger partial charge >= 0.3 is 0 Å². The van der Waals surface area contributed by atoms with Crippen LogP contribution in [0.25, 0.3) is 0 Å². The van der Waals surface area contributed by atoms with Crippen LogP contribution in [0.5, 0.6) is 0 Å². The van der Waals surface area contributed by atoms with Crippen LogP contribution in [0.3, 0.4) is 0 Å². The van der Waals surface area contributed by atoms with E-state index in [4.69, 9.17) is 10.6 Å². The van der Waals surface area contributed by atoms with Crippen molar-refractivity contribution in [1.29, 1.82) is 0 Å². The second-order valence-corrected chi connectivity index (χ2v) is 6.89. The van der Waals surface area contributed by atoms with E-state index in [0.717, 1.165) is 16.3 Å². The van der Waals surface area contributed by atoms with E-state index < -0.39 is 16.1 Å². The van der Waals surface area contributed by atoms with E-state index >= 15 is 0 Å². The van der Waals surface area contributed by atoms with Crippen molar-refractivity contribution in [3.05, 3.63) is 65.7 Å². The smallest absolute Gasteiger partial charge is 0.254 e. The van der Waals surface area contributed by atoms with E-state index in [1.54, 1.807) is 24.3 Å². The van der Waals surface area contributed by atoms with Gasteiger partial charge in [0.25, 0.3) is 10.0 Å². The van der Waals surface area contributed by atoms with E-state index in [-0.39, 0.29) is 13.2 Å². The number of hydrogen-bond acceptors (Lipinski definition) is 5. The molecule has 2 aromatic rings. The summed E-state index contributed by atoms with van der Waals surface area (Å²) in [5, 5.41) is 9.68. The quantitative estimate of drug-likeness (QED) is 0.749. The second kappa shape index (κ2) is 7.56. The normalized spacial score (nSPS) is 12.8. The van der Waals surface area contributed by atoms with E-state index in [1.807, 2.05) is 30.3 Å². The Kier molecular flexibility index (Phi) is 5.73. The molecular weight excluding hydrogens is 316 g/mol. The lowest BCUT2D eigenvalue weighted by molar-refractivity contribution is 0.135. The maximum Gasteiger partial charge on any atom is 0.254 e. The summed E-state index contributed by atoms with van der Waals surface area (Å²) in [6.07, 6.45) is 0.293. The lowest BCUT2D eigenvalue weighted by Gasteiger charge is -2.22. The molecule has 7 heteroatoms. The molecule has 0 saturated carbocycles. The van der Waals surface area contributed by atoms with Crippen molar-refractivity contribution >= 4 is 15.7 Å². The lowest BCUT2D eigenvalue weighted by atomic mass is 10.1. The molecule has 0 bridgehead atoms. The highest BCUT2D eigenvalue weighted by atomic mass is 32.2. The number of benzene rings is 2. The molecule has 0 aliphatic carbocycles. The predicted octanol–water partition coefficient (Wildman–Crippen LogP) is 1.58. The van der Waals surface area contributed by atoms with Crippen molar-refractivity contribution in [3.63, 3.8) is 0 Å². The second-order valence-electron chi connectivity index (χ2n) is 5.09. The van der Waals surface area contributed by atoms with Crippen LogP contribution in [-0.4, -0.2) is 26.3 Å². The number of anilines is 1. The van der Waals surface area contributed by atoms with Crippen molar-refractivity contribution < 1.29 is 18.4 Å². The maximum absolute atomic E-state index is 12.0. The fraction of sp³-hybridized carbons (Fsp3) is 0.250. The Morgan fingerprint density at radius 1 is 1.13 bits per heavy atom. The standard InChI is InChI=1S/C16H20N2O4S/c1-23(20,21)18(22-12-13-5-3-2-4-6-13)15-9-7-14(8-10-15)16(19)11-17/h2-10,16,19H,11-12,17H2,1H3. The number of aliphatic hydroxyl groups excluding tert-OH is 1. The number of hydrogen-bond donors (Lipinski definition) is 2. The molecule has 0 heterocycles. The molecule has 1 unspecified atom stereocenters. The van der Waals surface area contributed by atoms with Gasteiger partial charge in [0.2, 0.25) is 0 Å². The van der Waals surface area contributed by atoms with Crippen molar-refractivity contribution in [1.82, 2.24) is 0 Å². The molecule has 0 saturated heterocycles. The van der Waals surface area contributed by atoms with E-state index in [0.29, 0.717) is 11.3 Å². The minimum atomic E-state index is -3.60. The Hall–Kier alpha value is -1.93. The summed E-state index contributed by atoms with van der Waals surface area (Å²) in [4.78, 5) is 5.46. The summed E-state index contributed by atoms with van der Waals surface area (Å²) in [5.41, 5.74) is 7.24. The topological polar surface area (TPSA) is 92.9 Å². The van der Waals surface area contributed by atoms with Crippen LogP contribution in [0.4, 0.5) is 5.69 Å². The summed E-state index contributed by atoms with van der Waals surface area (Å²) in [6, 6.07) is 15.7. The number of sulfonamides is 1. The molecule has 6 nitrogen and oxygen atoms in total. The molecule has 1 atom stereocenters. The molecule has 0 aliphatic rings. The minimum Gasteiger partial charge on any atom is -0.387 e. The Morgan fingerprint density at radius 3 is 2.26 bits per heavy atom. The molecule has 2 aromatic carbocycles. The van der Waals surface area contributed by atoms with Crippen molar-refractivity contribution in [3.8, 4) is 0 Å². The van der Waals surface area contributed by atoms with Gasteiger partial charge in [-0.2, -0.15) is 0 Å². The van der Waals surface area contributed by atoms with Crippen LogP contribution in [-0.2, 0) is 21.5 Å². The van der Waals surface area contributed by atoms with Gasteiger partial charge in [0.05, 0.1) is 18.0 Å². The van der Waals surface area contributed by atoms with E-state index in [2.05, 4.69) is 0 Å². The average Bonchev–Trinajstić information content (AvgIpc) is 2.54. The Morgan fingerprint density at radius 2 is 1.74 bits per heavy atom. The van der Waals surface area contributed by atoms with Gasteiger partial charge in [0.1, 0.15) is 6.61 Å². The maximum atomic E-state index is 12.0. The molecule has 3 N–H and O–H groups in total. The van der Waals surface area contributed by atoms with Crippen LogP contribution in [0, 0.1) is 0 Å². The fourth-order valence-corrected chi connectivity index (χ4v) is 2.77. The number of nitrogens with two attached hydrogens (primary N) is 1. The van der Waals surface area contributed by atoms with Gasteiger partial charge < -0.3 is 10.8 Å². The highest BCUT2D eigenvalue weighted by molar-refractivity contribution is 7.91. The van der Waals surface area contributed by atoms with Crippen LogP contribution in [0.2, 0.25) is 0 Å². The molecule has 2 rings (SSSR count). The van der Waals surface area contributed by atoms with Crippen molar-refractivity contribution in [2.75, 3.05) is 17.3 Å². The highest BCUT2D eigenvalue weighted by Crippen LogP contribution is 2.22. The molecular formula is C16H20N2O4S. The Bertz CT molecular complexity index is 718. The zero-order valence-electron chi connectivity index (χ0n) is 12.8. The first-order valence-corrected chi connectivity index (χ1v) is 8.92.